The Bertz CT molecular complexity index is 330. The summed E-state index contributed by atoms with van der Waals surface area (Å²) in [5, 5.41) is 1.84. The first-order valence-electron chi connectivity index (χ1n) is 5.96. The molecule has 3 aliphatic rings. The lowest BCUT2D eigenvalue weighted by atomic mass is 9.91. The fourth-order valence-electron chi connectivity index (χ4n) is 2.88. The minimum Gasteiger partial charge on any atom is -0.391 e. The maximum atomic E-state index is 11.6. The molecule has 0 amide bonds. The molecule has 16 heavy (non-hydrogen) atoms. The van der Waals surface area contributed by atoms with Crippen molar-refractivity contribution in [1.29, 1.82) is 0 Å². The van der Waals surface area contributed by atoms with Crippen molar-refractivity contribution in [2.45, 2.75) is 44.2 Å². The van der Waals surface area contributed by atoms with Gasteiger partial charge < -0.3 is 4.74 Å². The summed E-state index contributed by atoms with van der Waals surface area (Å²) in [5.41, 5.74) is 0. The van der Waals surface area contributed by atoms with Gasteiger partial charge in [0.05, 0.1) is 6.04 Å². The van der Waals surface area contributed by atoms with Gasteiger partial charge in [0.15, 0.2) is 6.10 Å². The van der Waals surface area contributed by atoms with E-state index in [9.17, 15) is 9.59 Å². The summed E-state index contributed by atoms with van der Waals surface area (Å²) in [4.78, 5) is 28.5. The van der Waals surface area contributed by atoms with Gasteiger partial charge in [-0.1, -0.05) is 19.3 Å². The van der Waals surface area contributed by atoms with E-state index in [0.29, 0.717) is 0 Å². The number of esters is 2. The molecule has 0 spiro atoms. The quantitative estimate of drug-likeness (QED) is 0.447. The number of fused-ring (bicyclic) bond motifs is 3. The second kappa shape index (κ2) is 3.82. The van der Waals surface area contributed by atoms with Gasteiger partial charge in [0.1, 0.15) is 5.92 Å². The molecule has 0 saturated carbocycles. The van der Waals surface area contributed by atoms with Gasteiger partial charge in [-0.25, -0.2) is 4.79 Å². The lowest BCUT2D eigenvalue weighted by Crippen LogP contribution is -2.36. The summed E-state index contributed by atoms with van der Waals surface area (Å²) in [7, 11) is 0. The molecule has 0 radical (unpaired) electrons. The van der Waals surface area contributed by atoms with Gasteiger partial charge in [0.25, 0.3) is 0 Å². The number of nitrogens with zero attached hydrogens (tertiary/aromatic N) is 1. The second-order valence-corrected chi connectivity index (χ2v) is 4.70. The minimum absolute atomic E-state index is 0.0456. The highest BCUT2D eigenvalue weighted by Crippen LogP contribution is 2.37. The van der Waals surface area contributed by atoms with Crippen LogP contribution in [0.15, 0.2) is 0 Å². The fraction of sp³-hybridized carbons (Fsp3) is 0.818. The van der Waals surface area contributed by atoms with Crippen LogP contribution in [0.4, 0.5) is 0 Å². The maximum absolute atomic E-state index is 11.6. The largest absolute Gasteiger partial charge is 0.391 e. The van der Waals surface area contributed by atoms with Gasteiger partial charge in [-0.3, -0.25) is 9.63 Å². The number of carbonyl (C=O) groups excluding carboxylic acids is 2. The third kappa shape index (κ3) is 1.46. The van der Waals surface area contributed by atoms with Crippen molar-refractivity contribution in [3.63, 3.8) is 0 Å². The molecule has 0 aromatic rings. The predicted octanol–water partition coefficient (Wildman–Crippen LogP) is 0.634. The van der Waals surface area contributed by atoms with Crippen molar-refractivity contribution >= 4 is 11.9 Å². The van der Waals surface area contributed by atoms with Crippen LogP contribution in [0.25, 0.3) is 0 Å². The van der Waals surface area contributed by atoms with Crippen LogP contribution in [0, 0.1) is 5.92 Å². The van der Waals surface area contributed by atoms with Gasteiger partial charge in [0.2, 0.25) is 0 Å². The molecule has 0 aliphatic carbocycles. The Morgan fingerprint density at radius 3 is 2.75 bits per heavy atom. The first kappa shape index (κ1) is 10.2. The van der Waals surface area contributed by atoms with Crippen LogP contribution in [0.3, 0.4) is 0 Å². The number of rotatable bonds is 0. The Balaban J connectivity index is 1.83. The number of hydrogen-bond acceptors (Lipinski definition) is 5. The standard InChI is InChI=1S/C11H15NO4/c13-10-8-7-5-3-1-2-4-6-12(7)16-9(8)11(14)15-10/h7-9H,1-6H2/t7-,8-,9+/m1/s1. The van der Waals surface area contributed by atoms with Gasteiger partial charge in [-0.05, 0) is 12.8 Å². The molecule has 0 unspecified atom stereocenters. The molecule has 3 fully saturated rings. The molecule has 3 aliphatic heterocycles. The van der Waals surface area contributed by atoms with Crippen LogP contribution in [0.1, 0.15) is 32.1 Å². The number of cyclic esters (lactones) is 2. The molecule has 3 saturated heterocycles. The van der Waals surface area contributed by atoms with E-state index in [1.807, 2.05) is 5.06 Å². The number of ether oxygens (including phenoxy) is 1. The highest BCUT2D eigenvalue weighted by molar-refractivity contribution is 5.98. The Hall–Kier alpha value is -0.940. The lowest BCUT2D eigenvalue weighted by molar-refractivity contribution is -0.188. The summed E-state index contributed by atoms with van der Waals surface area (Å²) >= 11 is 0. The Labute approximate surface area is 93.6 Å². The van der Waals surface area contributed by atoms with Gasteiger partial charge in [-0.2, -0.15) is 5.06 Å². The van der Waals surface area contributed by atoms with Crippen molar-refractivity contribution in [2.75, 3.05) is 6.54 Å². The Morgan fingerprint density at radius 2 is 1.88 bits per heavy atom. The lowest BCUT2D eigenvalue weighted by Gasteiger charge is -2.26. The van der Waals surface area contributed by atoms with Crippen LogP contribution in [0.2, 0.25) is 0 Å². The van der Waals surface area contributed by atoms with Crippen LogP contribution in [0.5, 0.6) is 0 Å². The zero-order chi connectivity index (χ0) is 11.1. The summed E-state index contributed by atoms with van der Waals surface area (Å²) in [5.74, 6) is -1.30. The fourth-order valence-corrected chi connectivity index (χ4v) is 2.88. The molecule has 3 atom stereocenters. The van der Waals surface area contributed by atoms with Crippen molar-refractivity contribution in [2.24, 2.45) is 5.92 Å². The monoisotopic (exact) mass is 225 g/mol. The van der Waals surface area contributed by atoms with E-state index in [0.717, 1.165) is 25.8 Å². The topological polar surface area (TPSA) is 55.8 Å². The molecule has 88 valence electrons. The summed E-state index contributed by atoms with van der Waals surface area (Å²) < 4.78 is 4.62. The molecular formula is C11H15NO4. The van der Waals surface area contributed by atoms with Crippen LogP contribution < -0.4 is 0 Å². The molecule has 0 aromatic carbocycles. The van der Waals surface area contributed by atoms with E-state index < -0.39 is 18.0 Å². The van der Waals surface area contributed by atoms with Crippen LogP contribution >= 0.6 is 0 Å². The molecule has 5 heteroatoms. The molecule has 3 rings (SSSR count). The average molecular weight is 225 g/mol. The molecular weight excluding hydrogens is 210 g/mol. The minimum atomic E-state index is -0.671. The SMILES string of the molecule is O=C1OC(=O)[C@H]2ON3CCCCCC[C@@H]3[C@@H]12. The van der Waals surface area contributed by atoms with E-state index in [1.165, 1.54) is 12.8 Å². The van der Waals surface area contributed by atoms with E-state index in [-0.39, 0.29) is 12.0 Å². The zero-order valence-electron chi connectivity index (χ0n) is 9.05. The Morgan fingerprint density at radius 1 is 1.06 bits per heavy atom. The number of carbonyl (C=O) groups is 2. The van der Waals surface area contributed by atoms with Crippen LogP contribution in [-0.4, -0.2) is 35.7 Å². The summed E-state index contributed by atoms with van der Waals surface area (Å²) in [6, 6.07) is 0.0456. The Kier molecular flexibility index (Phi) is 2.44. The van der Waals surface area contributed by atoms with Crippen molar-refractivity contribution in [3.05, 3.63) is 0 Å². The first-order chi connectivity index (χ1) is 7.77. The first-order valence-corrected chi connectivity index (χ1v) is 5.96. The predicted molar refractivity (Wildman–Crippen MR) is 53.0 cm³/mol. The maximum Gasteiger partial charge on any atom is 0.346 e. The highest BCUT2D eigenvalue weighted by Gasteiger charge is 2.57. The van der Waals surface area contributed by atoms with E-state index in [2.05, 4.69) is 4.74 Å². The second-order valence-electron chi connectivity index (χ2n) is 4.70. The van der Waals surface area contributed by atoms with Crippen molar-refractivity contribution in [3.8, 4) is 0 Å². The van der Waals surface area contributed by atoms with E-state index >= 15 is 0 Å². The van der Waals surface area contributed by atoms with Crippen LogP contribution in [-0.2, 0) is 19.2 Å². The van der Waals surface area contributed by atoms with E-state index in [1.54, 1.807) is 0 Å². The third-order valence-electron chi connectivity index (χ3n) is 3.69. The molecule has 3 heterocycles. The molecule has 0 N–H and O–H groups in total. The summed E-state index contributed by atoms with van der Waals surface area (Å²) in [6.45, 7) is 0.818. The van der Waals surface area contributed by atoms with Crippen molar-refractivity contribution in [1.82, 2.24) is 5.06 Å². The van der Waals surface area contributed by atoms with E-state index in [4.69, 9.17) is 4.84 Å². The normalized spacial score (nSPS) is 39.9. The third-order valence-corrected chi connectivity index (χ3v) is 3.69. The average Bonchev–Trinajstić information content (AvgIpc) is 2.67. The van der Waals surface area contributed by atoms with Gasteiger partial charge in [-0.15, -0.1) is 0 Å². The zero-order valence-corrected chi connectivity index (χ0v) is 9.05. The van der Waals surface area contributed by atoms with Gasteiger partial charge >= 0.3 is 11.9 Å². The summed E-state index contributed by atoms with van der Waals surface area (Å²) in [6.07, 6.45) is 4.80. The molecule has 0 bridgehead atoms. The smallest absolute Gasteiger partial charge is 0.346 e. The number of hydroxylamine groups is 2. The van der Waals surface area contributed by atoms with Gasteiger partial charge in [0, 0.05) is 6.54 Å². The highest BCUT2D eigenvalue weighted by atomic mass is 16.7. The molecule has 0 aromatic heterocycles. The number of hydrogen-bond donors (Lipinski definition) is 0. The molecule has 5 nitrogen and oxygen atoms in total. The van der Waals surface area contributed by atoms with Crippen molar-refractivity contribution < 1.29 is 19.2 Å².